The van der Waals surface area contributed by atoms with Crippen LogP contribution in [0.5, 0.6) is 0 Å². The third kappa shape index (κ3) is 5.62. The molecule has 1 atom stereocenters. The standard InChI is InChI=1S/C21H25FN2O4S/c1-29(27,28)23-19-8-4-15(5-9-19)20(14-25)24-12-10-17(11-13-24)21(26)16-2-6-18(22)7-3-16/h2-9,17,20,23,25H,10-14H2,1H3. The van der Waals surface area contributed by atoms with Crippen LogP contribution in [-0.2, 0) is 10.0 Å². The van der Waals surface area contributed by atoms with E-state index in [1.54, 1.807) is 24.3 Å². The maximum atomic E-state index is 13.1. The van der Waals surface area contributed by atoms with Crippen molar-refractivity contribution in [3.63, 3.8) is 0 Å². The molecule has 156 valence electrons. The monoisotopic (exact) mass is 420 g/mol. The van der Waals surface area contributed by atoms with Crippen molar-refractivity contribution in [2.24, 2.45) is 5.92 Å². The highest BCUT2D eigenvalue weighted by molar-refractivity contribution is 7.92. The van der Waals surface area contributed by atoms with Crippen LogP contribution in [0.2, 0.25) is 0 Å². The maximum Gasteiger partial charge on any atom is 0.229 e. The number of hydrogen-bond acceptors (Lipinski definition) is 5. The van der Waals surface area contributed by atoms with Gasteiger partial charge in [-0.05, 0) is 67.9 Å². The highest BCUT2D eigenvalue weighted by Gasteiger charge is 2.29. The molecule has 29 heavy (non-hydrogen) atoms. The Kier molecular flexibility index (Phi) is 6.66. The van der Waals surface area contributed by atoms with Crippen molar-refractivity contribution >= 4 is 21.5 Å². The lowest BCUT2D eigenvalue weighted by atomic mass is 9.88. The van der Waals surface area contributed by atoms with Gasteiger partial charge in [-0.25, -0.2) is 12.8 Å². The number of aliphatic hydroxyl groups is 1. The van der Waals surface area contributed by atoms with Gasteiger partial charge in [0.1, 0.15) is 5.82 Å². The minimum atomic E-state index is -3.34. The van der Waals surface area contributed by atoms with E-state index in [1.807, 2.05) is 0 Å². The smallest absolute Gasteiger partial charge is 0.229 e. The summed E-state index contributed by atoms with van der Waals surface area (Å²) < 4.78 is 38.1. The molecule has 1 fully saturated rings. The van der Waals surface area contributed by atoms with Gasteiger partial charge >= 0.3 is 0 Å². The van der Waals surface area contributed by atoms with Gasteiger partial charge < -0.3 is 5.11 Å². The minimum absolute atomic E-state index is 0.0291. The second-order valence-corrected chi connectivity index (χ2v) is 9.12. The van der Waals surface area contributed by atoms with Crippen LogP contribution < -0.4 is 4.72 Å². The number of likely N-dealkylation sites (tertiary alicyclic amines) is 1. The van der Waals surface area contributed by atoms with Crippen LogP contribution in [0.1, 0.15) is 34.8 Å². The average Bonchev–Trinajstić information content (AvgIpc) is 2.69. The summed E-state index contributed by atoms with van der Waals surface area (Å²) in [4.78, 5) is 14.8. The molecule has 2 aromatic rings. The van der Waals surface area contributed by atoms with Crippen molar-refractivity contribution in [3.8, 4) is 0 Å². The fraction of sp³-hybridized carbons (Fsp3) is 0.381. The molecular weight excluding hydrogens is 395 g/mol. The average molecular weight is 421 g/mol. The summed E-state index contributed by atoms with van der Waals surface area (Å²) in [5.41, 5.74) is 1.88. The molecule has 1 aliphatic rings. The Bertz CT molecular complexity index is 938. The van der Waals surface area contributed by atoms with Gasteiger partial charge in [-0.1, -0.05) is 12.1 Å². The van der Waals surface area contributed by atoms with Crippen LogP contribution >= 0.6 is 0 Å². The highest BCUT2D eigenvalue weighted by atomic mass is 32.2. The van der Waals surface area contributed by atoms with E-state index in [0.717, 1.165) is 11.8 Å². The predicted molar refractivity (Wildman–Crippen MR) is 110 cm³/mol. The lowest BCUT2D eigenvalue weighted by Gasteiger charge is -2.36. The predicted octanol–water partition coefficient (Wildman–Crippen LogP) is 2.83. The second kappa shape index (κ2) is 9.02. The zero-order valence-corrected chi connectivity index (χ0v) is 17.0. The Labute approximate surface area is 170 Å². The van der Waals surface area contributed by atoms with Crippen LogP contribution in [0.3, 0.4) is 0 Å². The third-order valence-corrected chi connectivity index (χ3v) is 5.85. The Hall–Kier alpha value is -2.29. The van der Waals surface area contributed by atoms with Crippen LogP contribution in [0.4, 0.5) is 10.1 Å². The molecule has 0 saturated carbocycles. The van der Waals surface area contributed by atoms with E-state index in [-0.39, 0.29) is 30.2 Å². The number of halogens is 1. The molecule has 1 heterocycles. The van der Waals surface area contributed by atoms with Gasteiger partial charge in [0.25, 0.3) is 0 Å². The van der Waals surface area contributed by atoms with E-state index in [0.29, 0.717) is 37.2 Å². The summed E-state index contributed by atoms with van der Waals surface area (Å²) >= 11 is 0. The van der Waals surface area contributed by atoms with Gasteiger partial charge in [0.05, 0.1) is 18.9 Å². The Balaban J connectivity index is 1.62. The van der Waals surface area contributed by atoms with Crippen LogP contribution in [0.15, 0.2) is 48.5 Å². The first kappa shape index (κ1) is 21.4. The summed E-state index contributed by atoms with van der Waals surface area (Å²) in [5.74, 6) is -0.446. The summed E-state index contributed by atoms with van der Waals surface area (Å²) in [6.07, 6.45) is 2.43. The molecule has 2 N–H and O–H groups in total. The lowest BCUT2D eigenvalue weighted by molar-refractivity contribution is 0.0690. The quantitative estimate of drug-likeness (QED) is 0.673. The molecular formula is C21H25FN2O4S. The number of carbonyl (C=O) groups is 1. The number of aliphatic hydroxyl groups excluding tert-OH is 1. The maximum absolute atomic E-state index is 13.1. The fourth-order valence-electron chi connectivity index (χ4n) is 3.74. The molecule has 0 spiro atoms. The topological polar surface area (TPSA) is 86.7 Å². The van der Waals surface area contributed by atoms with E-state index in [9.17, 15) is 22.7 Å². The number of anilines is 1. The van der Waals surface area contributed by atoms with E-state index < -0.39 is 10.0 Å². The first-order valence-electron chi connectivity index (χ1n) is 9.49. The number of benzene rings is 2. The molecule has 8 heteroatoms. The number of rotatable bonds is 7. The molecule has 1 saturated heterocycles. The molecule has 0 amide bonds. The number of nitrogens with zero attached hydrogens (tertiary/aromatic N) is 1. The largest absolute Gasteiger partial charge is 0.394 e. The summed E-state index contributed by atoms with van der Waals surface area (Å²) in [7, 11) is -3.34. The van der Waals surface area contributed by atoms with Crippen molar-refractivity contribution < 1.29 is 22.7 Å². The zero-order chi connectivity index (χ0) is 21.0. The Morgan fingerprint density at radius 2 is 1.72 bits per heavy atom. The van der Waals surface area contributed by atoms with Gasteiger partial charge in [-0.15, -0.1) is 0 Å². The Morgan fingerprint density at radius 1 is 1.14 bits per heavy atom. The first-order valence-corrected chi connectivity index (χ1v) is 11.4. The normalized spacial score (nSPS) is 17.1. The molecule has 0 aromatic heterocycles. The zero-order valence-electron chi connectivity index (χ0n) is 16.2. The minimum Gasteiger partial charge on any atom is -0.394 e. The van der Waals surface area contributed by atoms with Gasteiger partial charge in [-0.3, -0.25) is 14.4 Å². The van der Waals surface area contributed by atoms with E-state index >= 15 is 0 Å². The summed E-state index contributed by atoms with van der Waals surface area (Å²) in [6.45, 7) is 1.24. The summed E-state index contributed by atoms with van der Waals surface area (Å²) in [6, 6.07) is 12.4. The molecule has 1 unspecified atom stereocenters. The van der Waals surface area contributed by atoms with Crippen LogP contribution in [0.25, 0.3) is 0 Å². The second-order valence-electron chi connectivity index (χ2n) is 7.38. The first-order chi connectivity index (χ1) is 13.8. The van der Waals surface area contributed by atoms with Crippen molar-refractivity contribution in [2.45, 2.75) is 18.9 Å². The van der Waals surface area contributed by atoms with E-state index in [1.165, 1.54) is 24.3 Å². The fourth-order valence-corrected chi connectivity index (χ4v) is 4.31. The van der Waals surface area contributed by atoms with Crippen molar-refractivity contribution in [1.82, 2.24) is 4.90 Å². The van der Waals surface area contributed by atoms with Crippen LogP contribution in [-0.4, -0.2) is 50.2 Å². The van der Waals surface area contributed by atoms with E-state index in [4.69, 9.17) is 0 Å². The van der Waals surface area contributed by atoms with Crippen molar-refractivity contribution in [1.29, 1.82) is 0 Å². The number of carbonyl (C=O) groups excluding carboxylic acids is 1. The number of nitrogens with one attached hydrogen (secondary N) is 1. The number of ketones is 1. The van der Waals surface area contributed by atoms with Gasteiger partial charge in [-0.2, -0.15) is 0 Å². The molecule has 6 nitrogen and oxygen atoms in total. The van der Waals surface area contributed by atoms with Gasteiger partial charge in [0, 0.05) is 17.2 Å². The Morgan fingerprint density at radius 3 is 2.24 bits per heavy atom. The number of hydrogen-bond donors (Lipinski definition) is 2. The number of Topliss-reactive ketones (excluding diaryl/α,β-unsaturated/α-hetero) is 1. The van der Waals surface area contributed by atoms with Gasteiger partial charge in [0.2, 0.25) is 10.0 Å². The highest BCUT2D eigenvalue weighted by Crippen LogP contribution is 2.29. The lowest BCUT2D eigenvalue weighted by Crippen LogP contribution is -2.40. The van der Waals surface area contributed by atoms with Crippen LogP contribution in [0, 0.1) is 11.7 Å². The van der Waals surface area contributed by atoms with E-state index in [2.05, 4.69) is 9.62 Å². The molecule has 0 bridgehead atoms. The number of sulfonamides is 1. The summed E-state index contributed by atoms with van der Waals surface area (Å²) in [5, 5.41) is 9.91. The third-order valence-electron chi connectivity index (χ3n) is 5.24. The number of piperidine rings is 1. The molecule has 0 radical (unpaired) electrons. The van der Waals surface area contributed by atoms with Crippen molar-refractivity contribution in [2.75, 3.05) is 30.7 Å². The van der Waals surface area contributed by atoms with Crippen molar-refractivity contribution in [3.05, 3.63) is 65.5 Å². The molecule has 0 aliphatic carbocycles. The van der Waals surface area contributed by atoms with Gasteiger partial charge in [0.15, 0.2) is 5.78 Å². The molecule has 2 aromatic carbocycles. The molecule has 1 aliphatic heterocycles. The SMILES string of the molecule is CS(=O)(=O)Nc1ccc(C(CO)N2CCC(C(=O)c3ccc(F)cc3)CC2)cc1. The molecule has 3 rings (SSSR count).